The van der Waals surface area contributed by atoms with Gasteiger partial charge in [0.1, 0.15) is 17.1 Å². The number of carbonyl (C=O) groups is 2. The average Bonchev–Trinajstić information content (AvgIpc) is 3.25. The highest BCUT2D eigenvalue weighted by atomic mass is 16.5. The molecule has 5 heteroatoms. The van der Waals surface area contributed by atoms with Crippen molar-refractivity contribution in [3.8, 4) is 5.75 Å². The number of aryl methyl sites for hydroxylation is 1. The number of benzene rings is 3. The summed E-state index contributed by atoms with van der Waals surface area (Å²) in [5, 5.41) is 3.76. The minimum Gasteiger partial charge on any atom is -0.484 e. The second kappa shape index (κ2) is 10.8. The van der Waals surface area contributed by atoms with Crippen LogP contribution >= 0.6 is 0 Å². The number of rotatable bonds is 10. The van der Waals surface area contributed by atoms with Gasteiger partial charge in [0.25, 0.3) is 5.91 Å². The predicted octanol–water partition coefficient (Wildman–Crippen LogP) is 6.26. The summed E-state index contributed by atoms with van der Waals surface area (Å²) in [6, 6.07) is 24.2. The van der Waals surface area contributed by atoms with Gasteiger partial charge in [-0.25, -0.2) is 0 Å². The SMILES string of the molecule is CCCCc1oc2ccccc2c1C(=O)c1ccc(OCC(=O)N[C@H](C)c2ccccc2)cc1. The molecule has 5 nitrogen and oxygen atoms in total. The number of carbonyl (C=O) groups excluding carboxylic acids is 2. The van der Waals surface area contributed by atoms with E-state index in [-0.39, 0.29) is 24.3 Å². The molecule has 0 aliphatic carbocycles. The molecule has 0 aliphatic heterocycles. The monoisotopic (exact) mass is 455 g/mol. The third kappa shape index (κ3) is 5.37. The number of unbranched alkanes of at least 4 members (excludes halogenated alkanes) is 1. The number of ether oxygens (including phenoxy) is 1. The number of ketones is 1. The fraction of sp³-hybridized carbons (Fsp3) is 0.241. The summed E-state index contributed by atoms with van der Waals surface area (Å²) >= 11 is 0. The van der Waals surface area contributed by atoms with E-state index in [9.17, 15) is 9.59 Å². The van der Waals surface area contributed by atoms with Gasteiger partial charge in [0.05, 0.1) is 11.6 Å². The molecule has 174 valence electrons. The first-order chi connectivity index (χ1) is 16.6. The summed E-state index contributed by atoms with van der Waals surface area (Å²) in [4.78, 5) is 25.7. The Morgan fingerprint density at radius 2 is 1.65 bits per heavy atom. The van der Waals surface area contributed by atoms with Crippen LogP contribution in [0.2, 0.25) is 0 Å². The lowest BCUT2D eigenvalue weighted by Crippen LogP contribution is -2.31. The van der Waals surface area contributed by atoms with Gasteiger partial charge in [0, 0.05) is 17.4 Å². The number of nitrogens with one attached hydrogen (secondary N) is 1. The number of fused-ring (bicyclic) bond motifs is 1. The van der Waals surface area contributed by atoms with E-state index in [1.165, 1.54) is 0 Å². The van der Waals surface area contributed by atoms with E-state index in [4.69, 9.17) is 9.15 Å². The number of hydrogen-bond donors (Lipinski definition) is 1. The number of furan rings is 1. The molecule has 0 saturated heterocycles. The van der Waals surface area contributed by atoms with E-state index in [0.717, 1.165) is 41.6 Å². The van der Waals surface area contributed by atoms with Crippen molar-refractivity contribution in [2.45, 2.75) is 39.2 Å². The van der Waals surface area contributed by atoms with Crippen LogP contribution in [-0.4, -0.2) is 18.3 Å². The summed E-state index contributed by atoms with van der Waals surface area (Å²) in [7, 11) is 0. The van der Waals surface area contributed by atoms with Crippen molar-refractivity contribution in [3.05, 3.63) is 101 Å². The van der Waals surface area contributed by atoms with Gasteiger partial charge < -0.3 is 14.5 Å². The highest BCUT2D eigenvalue weighted by Crippen LogP contribution is 2.29. The summed E-state index contributed by atoms with van der Waals surface area (Å²) in [6.45, 7) is 3.95. The Bertz CT molecular complexity index is 1260. The van der Waals surface area contributed by atoms with Crippen LogP contribution in [0.15, 0.2) is 83.3 Å². The highest BCUT2D eigenvalue weighted by molar-refractivity contribution is 6.16. The average molecular weight is 456 g/mol. The van der Waals surface area contributed by atoms with Crippen molar-refractivity contribution in [1.29, 1.82) is 0 Å². The second-order valence-electron chi connectivity index (χ2n) is 8.34. The van der Waals surface area contributed by atoms with Gasteiger partial charge >= 0.3 is 0 Å². The Labute approximate surface area is 199 Å². The standard InChI is InChI=1S/C29H29NO4/c1-3-4-13-26-28(24-12-8-9-14-25(24)34-26)29(32)22-15-17-23(18-16-22)33-19-27(31)30-20(2)21-10-6-5-7-11-21/h5-12,14-18,20H,3-4,13,19H2,1-2H3,(H,30,31)/t20-/m1/s1. The molecule has 0 bridgehead atoms. The molecule has 0 unspecified atom stereocenters. The zero-order valence-corrected chi connectivity index (χ0v) is 19.5. The fourth-order valence-corrected chi connectivity index (χ4v) is 3.96. The van der Waals surface area contributed by atoms with Crippen LogP contribution in [0.25, 0.3) is 11.0 Å². The zero-order valence-electron chi connectivity index (χ0n) is 19.5. The van der Waals surface area contributed by atoms with Gasteiger partial charge in [-0.3, -0.25) is 9.59 Å². The van der Waals surface area contributed by atoms with Crippen molar-refractivity contribution in [2.24, 2.45) is 0 Å². The second-order valence-corrected chi connectivity index (χ2v) is 8.34. The Hall–Kier alpha value is -3.86. The molecule has 1 amide bonds. The van der Waals surface area contributed by atoms with Crippen LogP contribution in [0.3, 0.4) is 0 Å². The molecule has 1 N–H and O–H groups in total. The highest BCUT2D eigenvalue weighted by Gasteiger charge is 2.21. The van der Waals surface area contributed by atoms with E-state index in [2.05, 4.69) is 12.2 Å². The van der Waals surface area contributed by atoms with Crippen LogP contribution in [0.5, 0.6) is 5.75 Å². The Kier molecular flexibility index (Phi) is 7.43. The number of amides is 1. The Morgan fingerprint density at radius 3 is 2.38 bits per heavy atom. The maximum Gasteiger partial charge on any atom is 0.258 e. The third-order valence-corrected chi connectivity index (χ3v) is 5.82. The van der Waals surface area contributed by atoms with Crippen LogP contribution in [-0.2, 0) is 11.2 Å². The van der Waals surface area contributed by atoms with Crippen LogP contribution in [0, 0.1) is 0 Å². The van der Waals surface area contributed by atoms with E-state index in [1.54, 1.807) is 24.3 Å². The van der Waals surface area contributed by atoms with Gasteiger partial charge in [0.2, 0.25) is 0 Å². The molecule has 34 heavy (non-hydrogen) atoms. The smallest absolute Gasteiger partial charge is 0.258 e. The van der Waals surface area contributed by atoms with E-state index in [1.807, 2.05) is 61.5 Å². The van der Waals surface area contributed by atoms with Crippen molar-refractivity contribution < 1.29 is 18.7 Å². The summed E-state index contributed by atoms with van der Waals surface area (Å²) in [5.41, 5.74) is 2.95. The molecule has 1 heterocycles. The molecular weight excluding hydrogens is 426 g/mol. The molecule has 0 fully saturated rings. The van der Waals surface area contributed by atoms with Crippen LogP contribution < -0.4 is 10.1 Å². The van der Waals surface area contributed by atoms with Crippen molar-refractivity contribution in [1.82, 2.24) is 5.32 Å². The predicted molar refractivity (Wildman–Crippen MR) is 133 cm³/mol. The topological polar surface area (TPSA) is 68.5 Å². The molecule has 0 radical (unpaired) electrons. The van der Waals surface area contributed by atoms with Crippen molar-refractivity contribution in [2.75, 3.05) is 6.61 Å². The van der Waals surface area contributed by atoms with Gasteiger partial charge in [-0.05, 0) is 49.2 Å². The van der Waals surface area contributed by atoms with Gasteiger partial charge in [-0.1, -0.05) is 61.9 Å². The molecule has 4 aromatic rings. The number of para-hydroxylation sites is 1. The first-order valence-electron chi connectivity index (χ1n) is 11.7. The van der Waals surface area contributed by atoms with Gasteiger partial charge in [0.15, 0.2) is 12.4 Å². The minimum atomic E-state index is -0.207. The maximum absolute atomic E-state index is 13.4. The molecule has 1 aromatic heterocycles. The molecule has 3 aromatic carbocycles. The fourth-order valence-electron chi connectivity index (χ4n) is 3.96. The Morgan fingerprint density at radius 1 is 0.941 bits per heavy atom. The normalized spacial score (nSPS) is 11.8. The maximum atomic E-state index is 13.4. The molecule has 0 spiro atoms. The lowest BCUT2D eigenvalue weighted by atomic mass is 9.98. The number of hydrogen-bond acceptors (Lipinski definition) is 4. The van der Waals surface area contributed by atoms with Crippen LogP contribution in [0.1, 0.15) is 60.0 Å². The summed E-state index contributed by atoms with van der Waals surface area (Å²) in [5.74, 6) is 0.985. The zero-order chi connectivity index (χ0) is 23.9. The lowest BCUT2D eigenvalue weighted by molar-refractivity contribution is -0.123. The first-order valence-corrected chi connectivity index (χ1v) is 11.7. The molecule has 4 rings (SSSR count). The van der Waals surface area contributed by atoms with Gasteiger partial charge in [-0.2, -0.15) is 0 Å². The molecular formula is C29H29NO4. The van der Waals surface area contributed by atoms with Crippen molar-refractivity contribution in [3.63, 3.8) is 0 Å². The summed E-state index contributed by atoms with van der Waals surface area (Å²) in [6.07, 6.45) is 2.70. The summed E-state index contributed by atoms with van der Waals surface area (Å²) < 4.78 is 11.6. The van der Waals surface area contributed by atoms with Crippen LogP contribution in [0.4, 0.5) is 0 Å². The minimum absolute atomic E-state index is 0.0722. The molecule has 1 atom stereocenters. The van der Waals surface area contributed by atoms with Gasteiger partial charge in [-0.15, -0.1) is 0 Å². The third-order valence-electron chi connectivity index (χ3n) is 5.82. The lowest BCUT2D eigenvalue weighted by Gasteiger charge is -2.14. The first kappa shape index (κ1) is 23.3. The largest absolute Gasteiger partial charge is 0.484 e. The molecule has 0 aliphatic rings. The van der Waals surface area contributed by atoms with E-state index >= 15 is 0 Å². The Balaban J connectivity index is 1.42. The van der Waals surface area contributed by atoms with Crippen molar-refractivity contribution >= 4 is 22.7 Å². The molecule has 0 saturated carbocycles. The van der Waals surface area contributed by atoms with E-state index in [0.29, 0.717) is 16.9 Å². The van der Waals surface area contributed by atoms with E-state index < -0.39 is 0 Å². The quantitative estimate of drug-likeness (QED) is 0.287.